The van der Waals surface area contributed by atoms with Crippen LogP contribution in [0.5, 0.6) is 0 Å². The molecule has 0 saturated carbocycles. The highest BCUT2D eigenvalue weighted by Crippen LogP contribution is 2.19. The van der Waals surface area contributed by atoms with Gasteiger partial charge in [-0.05, 0) is 30.7 Å². The maximum Gasteiger partial charge on any atom is 0.434 e. The fourth-order valence-electron chi connectivity index (χ4n) is 3.39. The molecule has 9 nitrogen and oxygen atoms in total. The quantitative estimate of drug-likeness (QED) is 0.621. The Morgan fingerprint density at radius 2 is 1.88 bits per heavy atom. The second-order valence-electron chi connectivity index (χ2n) is 7.29. The highest BCUT2D eigenvalue weighted by molar-refractivity contribution is 5.97. The summed E-state index contributed by atoms with van der Waals surface area (Å²) in [6.07, 6.45) is 1.82. The molecule has 32 heavy (non-hydrogen) atoms. The predicted octanol–water partition coefficient (Wildman–Crippen LogP) is 2.82. The van der Waals surface area contributed by atoms with Gasteiger partial charge in [0.05, 0.1) is 30.2 Å². The fraction of sp³-hybridized carbons (Fsp3) is 0.273. The van der Waals surface area contributed by atoms with Crippen molar-refractivity contribution in [3.8, 4) is 5.69 Å². The lowest BCUT2D eigenvalue weighted by Crippen LogP contribution is -2.37. The molecule has 0 spiro atoms. The zero-order valence-corrected chi connectivity index (χ0v) is 17.4. The lowest BCUT2D eigenvalue weighted by atomic mass is 10.1. The van der Waals surface area contributed by atoms with Crippen LogP contribution < -0.4 is 0 Å². The van der Waals surface area contributed by atoms with Gasteiger partial charge in [0.25, 0.3) is 5.91 Å². The number of benzene rings is 2. The topological polar surface area (TPSA) is 89.8 Å². The molecule has 3 aromatic rings. The van der Waals surface area contributed by atoms with E-state index in [0.717, 1.165) is 16.7 Å². The summed E-state index contributed by atoms with van der Waals surface area (Å²) in [6, 6.07) is 13.1. The largest absolute Gasteiger partial charge is 0.443 e. The number of aromatic nitrogens is 3. The van der Waals surface area contributed by atoms with Crippen LogP contribution in [0.3, 0.4) is 0 Å². The molecule has 2 amide bonds. The summed E-state index contributed by atoms with van der Waals surface area (Å²) in [5, 5.41) is 9.19. The van der Waals surface area contributed by atoms with Crippen LogP contribution in [-0.4, -0.2) is 62.7 Å². The smallest absolute Gasteiger partial charge is 0.434 e. The minimum atomic E-state index is -0.637. The molecule has 0 bridgehead atoms. The van der Waals surface area contributed by atoms with Gasteiger partial charge in [0.1, 0.15) is 18.5 Å². The fourth-order valence-corrected chi connectivity index (χ4v) is 3.39. The van der Waals surface area contributed by atoms with Gasteiger partial charge in [-0.1, -0.05) is 30.3 Å². The molecule has 1 aliphatic rings. The Labute approximate surface area is 183 Å². The van der Waals surface area contributed by atoms with E-state index in [1.54, 1.807) is 6.92 Å². The van der Waals surface area contributed by atoms with E-state index in [0.29, 0.717) is 5.69 Å². The van der Waals surface area contributed by atoms with Gasteiger partial charge in [-0.25, -0.2) is 9.18 Å². The van der Waals surface area contributed by atoms with E-state index in [1.165, 1.54) is 34.2 Å². The Hall–Kier alpha value is -3.79. The number of hydrogen-bond acceptors (Lipinski definition) is 6. The normalized spacial score (nSPS) is 16.5. The third kappa shape index (κ3) is 4.92. The third-order valence-corrected chi connectivity index (χ3v) is 4.88. The van der Waals surface area contributed by atoms with Crippen LogP contribution in [0, 0.1) is 5.82 Å². The molecule has 4 rings (SSSR count). The SMILES string of the molecule is C[C@H]1CN(C(=O)c2cc(F)ccc2-n2nccn2)CCN(C(=O)OCc2ccccc2)O1. The first-order valence-corrected chi connectivity index (χ1v) is 10.1. The molecule has 1 saturated heterocycles. The number of hydroxylamine groups is 2. The second kappa shape index (κ2) is 9.56. The molecule has 1 aromatic heterocycles. The average molecular weight is 439 g/mol. The molecule has 1 fully saturated rings. The number of carbonyl (C=O) groups excluding carboxylic acids is 2. The maximum absolute atomic E-state index is 14.0. The molecule has 1 atom stereocenters. The van der Waals surface area contributed by atoms with Gasteiger partial charge in [-0.3, -0.25) is 9.63 Å². The van der Waals surface area contributed by atoms with E-state index >= 15 is 0 Å². The Morgan fingerprint density at radius 3 is 2.62 bits per heavy atom. The Kier molecular flexibility index (Phi) is 6.41. The molecule has 10 heteroatoms. The molecule has 0 unspecified atom stereocenters. The van der Waals surface area contributed by atoms with Crippen molar-refractivity contribution >= 4 is 12.0 Å². The Morgan fingerprint density at radius 1 is 1.12 bits per heavy atom. The lowest BCUT2D eigenvalue weighted by Gasteiger charge is -2.22. The van der Waals surface area contributed by atoms with Crippen molar-refractivity contribution in [2.75, 3.05) is 19.6 Å². The standard InChI is InChI=1S/C22H22FN5O4/c1-16-14-26(11-12-27(32-16)22(30)31-15-17-5-3-2-4-6-17)21(29)19-13-18(23)7-8-20(19)28-24-9-10-25-28/h2-10,13,16H,11-12,14-15H2,1H3/t16-/m0/s1. The predicted molar refractivity (Wildman–Crippen MR) is 111 cm³/mol. The van der Waals surface area contributed by atoms with Crippen molar-refractivity contribution in [3.63, 3.8) is 0 Å². The first-order chi connectivity index (χ1) is 15.5. The van der Waals surface area contributed by atoms with Gasteiger partial charge in [-0.2, -0.15) is 20.1 Å². The van der Waals surface area contributed by atoms with Gasteiger partial charge in [-0.15, -0.1) is 0 Å². The summed E-state index contributed by atoms with van der Waals surface area (Å²) < 4.78 is 19.3. The van der Waals surface area contributed by atoms with Crippen LogP contribution in [0.15, 0.2) is 60.9 Å². The molecular weight excluding hydrogens is 417 g/mol. The van der Waals surface area contributed by atoms with Gasteiger partial charge in [0, 0.05) is 13.1 Å². The number of rotatable bonds is 4. The maximum atomic E-state index is 14.0. The summed E-state index contributed by atoms with van der Waals surface area (Å²) in [7, 11) is 0. The van der Waals surface area contributed by atoms with Crippen LogP contribution in [0.1, 0.15) is 22.8 Å². The summed E-state index contributed by atoms with van der Waals surface area (Å²) in [6.45, 7) is 2.36. The highest BCUT2D eigenvalue weighted by atomic mass is 19.1. The van der Waals surface area contributed by atoms with Gasteiger partial charge in [0.15, 0.2) is 0 Å². The van der Waals surface area contributed by atoms with Crippen molar-refractivity contribution in [1.82, 2.24) is 25.0 Å². The average Bonchev–Trinajstić information content (AvgIpc) is 3.26. The summed E-state index contributed by atoms with van der Waals surface area (Å²) in [5.41, 5.74) is 1.33. The monoisotopic (exact) mass is 439 g/mol. The zero-order valence-electron chi connectivity index (χ0n) is 17.4. The van der Waals surface area contributed by atoms with Crippen LogP contribution in [0.4, 0.5) is 9.18 Å². The number of hydrogen-bond donors (Lipinski definition) is 0. The lowest BCUT2D eigenvalue weighted by molar-refractivity contribution is -0.159. The van der Waals surface area contributed by atoms with E-state index in [1.807, 2.05) is 30.3 Å². The number of halogens is 1. The molecule has 2 heterocycles. The molecule has 166 valence electrons. The molecule has 0 radical (unpaired) electrons. The first kappa shape index (κ1) is 21.4. The van der Waals surface area contributed by atoms with Gasteiger partial charge in [0.2, 0.25) is 0 Å². The Balaban J connectivity index is 1.46. The van der Waals surface area contributed by atoms with Gasteiger partial charge < -0.3 is 9.64 Å². The molecular formula is C22H22FN5O4. The van der Waals surface area contributed by atoms with Crippen molar-refractivity contribution in [3.05, 3.63) is 77.9 Å². The van der Waals surface area contributed by atoms with Crippen LogP contribution in [-0.2, 0) is 16.2 Å². The number of carbonyl (C=O) groups is 2. The minimum Gasteiger partial charge on any atom is -0.443 e. The summed E-state index contributed by atoms with van der Waals surface area (Å²) >= 11 is 0. The van der Waals surface area contributed by atoms with Crippen LogP contribution >= 0.6 is 0 Å². The third-order valence-electron chi connectivity index (χ3n) is 4.88. The van der Waals surface area contributed by atoms with Crippen molar-refractivity contribution in [1.29, 1.82) is 0 Å². The second-order valence-corrected chi connectivity index (χ2v) is 7.29. The van der Waals surface area contributed by atoms with E-state index in [2.05, 4.69) is 10.2 Å². The minimum absolute atomic E-state index is 0.106. The summed E-state index contributed by atoms with van der Waals surface area (Å²) in [4.78, 5) is 34.2. The first-order valence-electron chi connectivity index (χ1n) is 10.1. The molecule has 0 N–H and O–H groups in total. The molecule has 0 aliphatic carbocycles. The number of ether oxygens (including phenoxy) is 1. The van der Waals surface area contributed by atoms with E-state index < -0.39 is 23.9 Å². The Bertz CT molecular complexity index is 1080. The van der Waals surface area contributed by atoms with Crippen molar-refractivity contribution < 1.29 is 23.6 Å². The highest BCUT2D eigenvalue weighted by Gasteiger charge is 2.30. The van der Waals surface area contributed by atoms with Crippen LogP contribution in [0.25, 0.3) is 5.69 Å². The van der Waals surface area contributed by atoms with E-state index in [9.17, 15) is 14.0 Å². The number of nitrogens with zero attached hydrogens (tertiary/aromatic N) is 5. The summed E-state index contributed by atoms with van der Waals surface area (Å²) in [5.74, 6) is -0.957. The van der Waals surface area contributed by atoms with Crippen molar-refractivity contribution in [2.24, 2.45) is 0 Å². The van der Waals surface area contributed by atoms with E-state index in [-0.39, 0.29) is 31.8 Å². The molecule has 1 aliphatic heterocycles. The van der Waals surface area contributed by atoms with Crippen LogP contribution in [0.2, 0.25) is 0 Å². The molecule has 2 aromatic carbocycles. The van der Waals surface area contributed by atoms with E-state index in [4.69, 9.17) is 9.57 Å². The van der Waals surface area contributed by atoms with Crippen molar-refractivity contribution in [2.45, 2.75) is 19.6 Å². The zero-order chi connectivity index (χ0) is 22.5. The number of amides is 2. The van der Waals surface area contributed by atoms with Gasteiger partial charge >= 0.3 is 6.09 Å².